The Balaban J connectivity index is 2.13. The molecular weight excluding hydrogens is 276 g/mol. The van der Waals surface area contributed by atoms with E-state index >= 15 is 0 Å². The first-order valence-electron chi connectivity index (χ1n) is 6.67. The van der Waals surface area contributed by atoms with E-state index in [4.69, 9.17) is 5.11 Å². The zero-order valence-corrected chi connectivity index (χ0v) is 11.4. The number of aryl methyl sites for hydroxylation is 1. The van der Waals surface area contributed by atoms with Crippen molar-refractivity contribution in [1.82, 2.24) is 4.98 Å². The minimum absolute atomic E-state index is 0.0527. The van der Waals surface area contributed by atoms with Crippen LogP contribution >= 0.6 is 0 Å². The Morgan fingerprint density at radius 2 is 1.95 bits per heavy atom. The average Bonchev–Trinajstić information content (AvgIpc) is 3.26. The summed E-state index contributed by atoms with van der Waals surface area (Å²) in [4.78, 5) is 15.5. The van der Waals surface area contributed by atoms with Crippen LogP contribution in [0.2, 0.25) is 0 Å². The van der Waals surface area contributed by atoms with Crippen molar-refractivity contribution >= 4 is 5.97 Å². The normalized spacial score (nSPS) is 14.2. The molecule has 0 spiro atoms. The number of benzene rings is 1. The molecule has 2 aromatic rings. The van der Waals surface area contributed by atoms with Gasteiger partial charge >= 0.3 is 5.97 Å². The lowest BCUT2D eigenvalue weighted by molar-refractivity contribution is 0.0695. The highest BCUT2D eigenvalue weighted by molar-refractivity contribution is 5.89. The van der Waals surface area contributed by atoms with Gasteiger partial charge in [0.1, 0.15) is 11.6 Å². The summed E-state index contributed by atoms with van der Waals surface area (Å²) in [5.41, 5.74) is 1.13. The number of carboxylic acids is 1. The quantitative estimate of drug-likeness (QED) is 0.932. The van der Waals surface area contributed by atoms with Crippen LogP contribution < -0.4 is 0 Å². The number of carboxylic acid groups (broad SMARTS) is 1. The molecule has 1 aromatic carbocycles. The first-order valence-corrected chi connectivity index (χ1v) is 6.67. The largest absolute Gasteiger partial charge is 0.478 e. The number of hydrogen-bond donors (Lipinski definition) is 1. The van der Waals surface area contributed by atoms with E-state index in [0.717, 1.165) is 25.0 Å². The molecule has 108 valence electrons. The van der Waals surface area contributed by atoms with E-state index in [-0.39, 0.29) is 28.3 Å². The summed E-state index contributed by atoms with van der Waals surface area (Å²) in [5, 5.41) is 9.16. The molecule has 1 aromatic heterocycles. The van der Waals surface area contributed by atoms with Crippen LogP contribution in [0.3, 0.4) is 0 Å². The van der Waals surface area contributed by atoms with Crippen LogP contribution in [-0.4, -0.2) is 16.1 Å². The first-order chi connectivity index (χ1) is 9.97. The second-order valence-corrected chi connectivity index (χ2v) is 5.29. The predicted octanol–water partition coefficient (Wildman–Crippen LogP) is 3.91. The van der Waals surface area contributed by atoms with E-state index in [1.807, 2.05) is 0 Å². The van der Waals surface area contributed by atoms with Gasteiger partial charge in [-0.25, -0.2) is 13.6 Å². The summed E-state index contributed by atoms with van der Waals surface area (Å²) in [5.74, 6) is -2.02. The lowest BCUT2D eigenvalue weighted by Gasteiger charge is -2.09. The van der Waals surface area contributed by atoms with Gasteiger partial charge in [0.25, 0.3) is 0 Å². The fourth-order valence-corrected chi connectivity index (χ4v) is 2.32. The highest BCUT2D eigenvalue weighted by Crippen LogP contribution is 2.41. The van der Waals surface area contributed by atoms with Crippen LogP contribution in [0.4, 0.5) is 8.78 Å². The molecule has 1 aliphatic carbocycles. The fraction of sp³-hybridized carbons (Fsp3) is 0.250. The SMILES string of the molecule is Cc1cc(F)c(-c2ccc(C(=O)O)c(C3CC3)n2)cc1F. The summed E-state index contributed by atoms with van der Waals surface area (Å²) in [7, 11) is 0. The highest BCUT2D eigenvalue weighted by Gasteiger charge is 2.30. The number of carbonyl (C=O) groups is 1. The maximum atomic E-state index is 14.0. The van der Waals surface area contributed by atoms with Gasteiger partial charge in [0.2, 0.25) is 0 Å². The Hall–Kier alpha value is -2.30. The van der Waals surface area contributed by atoms with Crippen molar-refractivity contribution in [1.29, 1.82) is 0 Å². The predicted molar refractivity (Wildman–Crippen MR) is 73.3 cm³/mol. The van der Waals surface area contributed by atoms with E-state index in [2.05, 4.69) is 4.98 Å². The maximum Gasteiger partial charge on any atom is 0.337 e. The minimum Gasteiger partial charge on any atom is -0.478 e. The topological polar surface area (TPSA) is 50.2 Å². The smallest absolute Gasteiger partial charge is 0.337 e. The van der Waals surface area contributed by atoms with Crippen molar-refractivity contribution in [3.8, 4) is 11.3 Å². The number of aromatic nitrogens is 1. The van der Waals surface area contributed by atoms with Crippen molar-refractivity contribution in [2.75, 3.05) is 0 Å². The Labute approximate surface area is 120 Å². The van der Waals surface area contributed by atoms with E-state index in [1.165, 1.54) is 19.1 Å². The van der Waals surface area contributed by atoms with Gasteiger partial charge in [0, 0.05) is 11.5 Å². The molecule has 1 heterocycles. The molecule has 5 heteroatoms. The standard InChI is InChI=1S/C16H13F2NO2/c1-8-6-13(18)11(7-12(8)17)14-5-4-10(16(20)21)15(19-14)9-2-3-9/h4-7,9H,2-3H2,1H3,(H,20,21). The van der Waals surface area contributed by atoms with Gasteiger partial charge in [-0.05, 0) is 49.6 Å². The van der Waals surface area contributed by atoms with Crippen molar-refractivity contribution in [3.63, 3.8) is 0 Å². The fourth-order valence-electron chi connectivity index (χ4n) is 2.32. The van der Waals surface area contributed by atoms with E-state index < -0.39 is 17.6 Å². The molecule has 0 radical (unpaired) electrons. The minimum atomic E-state index is -1.05. The van der Waals surface area contributed by atoms with Crippen molar-refractivity contribution in [2.45, 2.75) is 25.7 Å². The van der Waals surface area contributed by atoms with Crippen LogP contribution in [0, 0.1) is 18.6 Å². The molecule has 0 unspecified atom stereocenters. The molecule has 0 bridgehead atoms. The molecule has 1 aliphatic rings. The molecule has 0 saturated heterocycles. The molecule has 1 N–H and O–H groups in total. The Morgan fingerprint density at radius 3 is 2.57 bits per heavy atom. The van der Waals surface area contributed by atoms with Gasteiger partial charge in [-0.15, -0.1) is 0 Å². The molecule has 3 nitrogen and oxygen atoms in total. The van der Waals surface area contributed by atoms with Gasteiger partial charge in [-0.2, -0.15) is 0 Å². The van der Waals surface area contributed by atoms with Gasteiger partial charge in [-0.1, -0.05) is 0 Å². The first kappa shape index (κ1) is 13.7. The van der Waals surface area contributed by atoms with Crippen LogP contribution in [-0.2, 0) is 0 Å². The molecule has 3 rings (SSSR count). The number of halogens is 2. The Morgan fingerprint density at radius 1 is 1.24 bits per heavy atom. The van der Waals surface area contributed by atoms with Crippen LogP contribution in [0.1, 0.15) is 40.4 Å². The van der Waals surface area contributed by atoms with Gasteiger partial charge in [-0.3, -0.25) is 4.98 Å². The summed E-state index contributed by atoms with van der Waals surface area (Å²) in [6, 6.07) is 5.05. The molecule has 1 saturated carbocycles. The van der Waals surface area contributed by atoms with Crippen LogP contribution in [0.15, 0.2) is 24.3 Å². The molecule has 0 atom stereocenters. The summed E-state index contributed by atoms with van der Waals surface area (Å²) in [6.45, 7) is 1.48. The van der Waals surface area contributed by atoms with Gasteiger partial charge in [0.05, 0.1) is 17.0 Å². The third kappa shape index (κ3) is 2.51. The maximum absolute atomic E-state index is 14.0. The van der Waals surface area contributed by atoms with E-state index in [1.54, 1.807) is 0 Å². The van der Waals surface area contributed by atoms with Gasteiger partial charge < -0.3 is 5.11 Å². The van der Waals surface area contributed by atoms with Gasteiger partial charge in [0.15, 0.2) is 0 Å². The number of nitrogens with zero attached hydrogens (tertiary/aromatic N) is 1. The molecule has 0 amide bonds. The average molecular weight is 289 g/mol. The third-order valence-electron chi connectivity index (χ3n) is 3.64. The summed E-state index contributed by atoms with van der Waals surface area (Å²) < 4.78 is 27.6. The zero-order valence-electron chi connectivity index (χ0n) is 11.4. The molecule has 21 heavy (non-hydrogen) atoms. The number of pyridine rings is 1. The second-order valence-electron chi connectivity index (χ2n) is 5.29. The second kappa shape index (κ2) is 4.91. The molecule has 1 fully saturated rings. The number of rotatable bonds is 3. The number of hydrogen-bond acceptors (Lipinski definition) is 2. The lowest BCUT2D eigenvalue weighted by Crippen LogP contribution is -2.05. The summed E-state index contributed by atoms with van der Waals surface area (Å²) in [6.07, 6.45) is 1.75. The van der Waals surface area contributed by atoms with Crippen LogP contribution in [0.25, 0.3) is 11.3 Å². The van der Waals surface area contributed by atoms with Crippen molar-refractivity contribution in [3.05, 3.63) is 52.7 Å². The summed E-state index contributed by atoms with van der Waals surface area (Å²) >= 11 is 0. The highest BCUT2D eigenvalue weighted by atomic mass is 19.1. The zero-order chi connectivity index (χ0) is 15.1. The third-order valence-corrected chi connectivity index (χ3v) is 3.64. The Kier molecular flexibility index (Phi) is 3.20. The Bertz CT molecular complexity index is 739. The number of aromatic carboxylic acids is 1. The lowest BCUT2D eigenvalue weighted by atomic mass is 10.0. The van der Waals surface area contributed by atoms with Crippen LogP contribution in [0.5, 0.6) is 0 Å². The molecule has 0 aliphatic heterocycles. The van der Waals surface area contributed by atoms with E-state index in [9.17, 15) is 13.6 Å². The molecular formula is C16H13F2NO2. The van der Waals surface area contributed by atoms with Crippen molar-refractivity contribution in [2.24, 2.45) is 0 Å². The monoisotopic (exact) mass is 289 g/mol. The van der Waals surface area contributed by atoms with Crippen molar-refractivity contribution < 1.29 is 18.7 Å². The van der Waals surface area contributed by atoms with E-state index in [0.29, 0.717) is 5.69 Å².